The number of fused-ring (bicyclic) bond motifs is 1. The number of rotatable bonds is 1. The van der Waals surface area contributed by atoms with E-state index in [1.165, 1.54) is 4.90 Å². The van der Waals surface area contributed by atoms with Crippen molar-refractivity contribution in [1.82, 2.24) is 4.90 Å². The molecule has 1 heterocycles. The Bertz CT molecular complexity index is 557. The van der Waals surface area contributed by atoms with Gasteiger partial charge in [-0.2, -0.15) is 0 Å². The Morgan fingerprint density at radius 1 is 1.30 bits per heavy atom. The van der Waals surface area contributed by atoms with Crippen LogP contribution in [0.15, 0.2) is 18.2 Å². The molecular weight excluding hydrogens is 254 g/mol. The summed E-state index contributed by atoms with van der Waals surface area (Å²) >= 11 is 0. The van der Waals surface area contributed by atoms with Crippen LogP contribution >= 0.6 is 0 Å². The maximum atomic E-state index is 12.5. The van der Waals surface area contributed by atoms with Gasteiger partial charge in [-0.15, -0.1) is 0 Å². The van der Waals surface area contributed by atoms with Gasteiger partial charge in [-0.1, -0.05) is 39.0 Å². The first-order chi connectivity index (χ1) is 9.23. The van der Waals surface area contributed by atoms with Crippen molar-refractivity contribution in [3.05, 3.63) is 34.9 Å². The van der Waals surface area contributed by atoms with Crippen LogP contribution in [0.4, 0.5) is 4.79 Å². The predicted molar refractivity (Wildman–Crippen MR) is 77.1 cm³/mol. The summed E-state index contributed by atoms with van der Waals surface area (Å²) in [6.07, 6.45) is -0.306. The van der Waals surface area contributed by atoms with Crippen molar-refractivity contribution >= 4 is 11.9 Å². The molecule has 2 rings (SSSR count). The molecular formula is C16H21NO3. The highest BCUT2D eigenvalue weighted by molar-refractivity contribution is 6.01. The van der Waals surface area contributed by atoms with Crippen LogP contribution in [0, 0.1) is 5.41 Å². The number of amides is 1. The van der Waals surface area contributed by atoms with Gasteiger partial charge in [-0.25, -0.2) is 4.79 Å². The molecule has 4 nitrogen and oxygen atoms in total. The third kappa shape index (κ3) is 2.42. The highest BCUT2D eigenvalue weighted by atomic mass is 16.4. The lowest BCUT2D eigenvalue weighted by molar-refractivity contribution is 0.0856. The fraction of sp³-hybridized carbons (Fsp3) is 0.500. The van der Waals surface area contributed by atoms with E-state index in [0.29, 0.717) is 13.0 Å². The van der Waals surface area contributed by atoms with Crippen LogP contribution in [0.3, 0.4) is 0 Å². The van der Waals surface area contributed by atoms with E-state index >= 15 is 0 Å². The van der Waals surface area contributed by atoms with E-state index in [1.54, 1.807) is 0 Å². The Kier molecular flexibility index (Phi) is 3.59. The van der Waals surface area contributed by atoms with Crippen LogP contribution in [-0.4, -0.2) is 28.4 Å². The molecule has 0 bridgehead atoms. The van der Waals surface area contributed by atoms with Gasteiger partial charge in [0.1, 0.15) is 0 Å². The molecule has 0 fully saturated rings. The summed E-state index contributed by atoms with van der Waals surface area (Å²) in [6.45, 7) is 8.04. The highest BCUT2D eigenvalue weighted by Crippen LogP contribution is 2.33. The van der Waals surface area contributed by atoms with E-state index in [1.807, 2.05) is 45.9 Å². The van der Waals surface area contributed by atoms with Gasteiger partial charge in [0.05, 0.1) is 6.04 Å². The Labute approximate surface area is 119 Å². The molecule has 0 saturated heterocycles. The van der Waals surface area contributed by atoms with E-state index in [2.05, 4.69) is 0 Å². The second kappa shape index (κ2) is 4.93. The first kappa shape index (κ1) is 14.6. The summed E-state index contributed by atoms with van der Waals surface area (Å²) in [4.78, 5) is 25.2. The van der Waals surface area contributed by atoms with E-state index < -0.39 is 11.5 Å². The summed E-state index contributed by atoms with van der Waals surface area (Å²) in [6, 6.07) is 5.42. The number of Topliss-reactive ketones (excluding diaryl/α,β-unsaturated/α-hetero) is 1. The summed E-state index contributed by atoms with van der Waals surface area (Å²) in [5.41, 5.74) is 2.28. The number of hydrogen-bond donors (Lipinski definition) is 1. The SMILES string of the molecule is C[C@H]1c2cccc(C(=O)C(C)(C)C)c2CCN1C(=O)O. The minimum atomic E-state index is -0.907. The molecule has 0 aliphatic carbocycles. The lowest BCUT2D eigenvalue weighted by Gasteiger charge is -2.34. The first-order valence-corrected chi connectivity index (χ1v) is 6.89. The standard InChI is InChI=1S/C16H21NO3/c1-10-11-6-5-7-13(14(18)16(2,3)4)12(11)8-9-17(10)15(19)20/h5-7,10H,8-9H2,1-4H3,(H,19,20)/t10-/m0/s1. The van der Waals surface area contributed by atoms with Gasteiger partial charge in [0, 0.05) is 17.5 Å². The number of nitrogens with zero attached hydrogens (tertiary/aromatic N) is 1. The number of carbonyl (C=O) groups is 2. The first-order valence-electron chi connectivity index (χ1n) is 6.89. The average Bonchev–Trinajstić information content (AvgIpc) is 2.36. The molecule has 20 heavy (non-hydrogen) atoms. The van der Waals surface area contributed by atoms with Crippen molar-refractivity contribution in [2.24, 2.45) is 5.41 Å². The highest BCUT2D eigenvalue weighted by Gasteiger charge is 2.32. The van der Waals surface area contributed by atoms with Crippen LogP contribution in [-0.2, 0) is 6.42 Å². The van der Waals surface area contributed by atoms with Gasteiger partial charge in [0.15, 0.2) is 5.78 Å². The van der Waals surface area contributed by atoms with E-state index in [-0.39, 0.29) is 11.8 Å². The molecule has 1 amide bonds. The van der Waals surface area contributed by atoms with Gasteiger partial charge in [-0.05, 0) is 24.5 Å². The molecule has 4 heteroatoms. The van der Waals surface area contributed by atoms with Crippen molar-refractivity contribution in [3.8, 4) is 0 Å². The maximum Gasteiger partial charge on any atom is 0.407 e. The molecule has 1 aliphatic heterocycles. The number of benzene rings is 1. The Balaban J connectivity index is 2.48. The average molecular weight is 275 g/mol. The lowest BCUT2D eigenvalue weighted by Crippen LogP contribution is -2.38. The fourth-order valence-electron chi connectivity index (χ4n) is 2.75. The Morgan fingerprint density at radius 2 is 1.95 bits per heavy atom. The molecule has 1 aliphatic rings. The number of carbonyl (C=O) groups excluding carboxylic acids is 1. The monoisotopic (exact) mass is 275 g/mol. The lowest BCUT2D eigenvalue weighted by atomic mass is 9.81. The van der Waals surface area contributed by atoms with E-state index in [0.717, 1.165) is 16.7 Å². The molecule has 0 spiro atoms. The second-order valence-electron chi connectivity index (χ2n) is 6.35. The van der Waals surface area contributed by atoms with Crippen LogP contribution < -0.4 is 0 Å². The van der Waals surface area contributed by atoms with E-state index in [9.17, 15) is 14.7 Å². The zero-order valence-corrected chi connectivity index (χ0v) is 12.4. The number of hydrogen-bond acceptors (Lipinski definition) is 2. The molecule has 1 N–H and O–H groups in total. The normalized spacial score (nSPS) is 18.6. The molecule has 0 radical (unpaired) electrons. The largest absolute Gasteiger partial charge is 0.465 e. The molecule has 1 atom stereocenters. The van der Waals surface area contributed by atoms with Crippen molar-refractivity contribution in [3.63, 3.8) is 0 Å². The summed E-state index contributed by atoms with van der Waals surface area (Å²) < 4.78 is 0. The zero-order chi connectivity index (χ0) is 15.1. The van der Waals surface area contributed by atoms with Crippen molar-refractivity contribution in [2.45, 2.75) is 40.2 Å². The van der Waals surface area contributed by atoms with Gasteiger partial charge in [-0.3, -0.25) is 4.79 Å². The van der Waals surface area contributed by atoms with Crippen LogP contribution in [0.2, 0.25) is 0 Å². The maximum absolute atomic E-state index is 12.5. The third-order valence-electron chi connectivity index (χ3n) is 3.90. The van der Waals surface area contributed by atoms with Crippen LogP contribution in [0.1, 0.15) is 55.2 Å². The molecule has 0 saturated carbocycles. The minimum Gasteiger partial charge on any atom is -0.465 e. The minimum absolute atomic E-state index is 0.116. The van der Waals surface area contributed by atoms with E-state index in [4.69, 9.17) is 0 Å². The van der Waals surface area contributed by atoms with Crippen LogP contribution in [0.25, 0.3) is 0 Å². The topological polar surface area (TPSA) is 57.6 Å². The molecule has 0 aromatic heterocycles. The van der Waals surface area contributed by atoms with Crippen LogP contribution in [0.5, 0.6) is 0 Å². The Hall–Kier alpha value is -1.84. The smallest absolute Gasteiger partial charge is 0.407 e. The molecule has 0 unspecified atom stereocenters. The number of carboxylic acid groups (broad SMARTS) is 1. The van der Waals surface area contributed by atoms with Crippen molar-refractivity contribution in [1.29, 1.82) is 0 Å². The van der Waals surface area contributed by atoms with Crippen molar-refractivity contribution in [2.75, 3.05) is 6.54 Å². The zero-order valence-electron chi connectivity index (χ0n) is 12.4. The summed E-state index contributed by atoms with van der Waals surface area (Å²) in [5, 5.41) is 9.20. The molecule has 108 valence electrons. The quantitative estimate of drug-likeness (QED) is 0.798. The van der Waals surface area contributed by atoms with Crippen molar-refractivity contribution < 1.29 is 14.7 Å². The van der Waals surface area contributed by atoms with Gasteiger partial charge in [0.25, 0.3) is 0 Å². The van der Waals surface area contributed by atoms with Gasteiger partial charge in [0.2, 0.25) is 0 Å². The second-order valence-corrected chi connectivity index (χ2v) is 6.35. The fourth-order valence-corrected chi connectivity index (χ4v) is 2.75. The molecule has 1 aromatic rings. The van der Waals surface area contributed by atoms with Gasteiger partial charge >= 0.3 is 6.09 Å². The third-order valence-corrected chi connectivity index (χ3v) is 3.90. The Morgan fingerprint density at radius 3 is 2.50 bits per heavy atom. The molecule has 1 aromatic carbocycles. The van der Waals surface area contributed by atoms with Gasteiger partial charge < -0.3 is 10.0 Å². The number of ketones is 1. The summed E-state index contributed by atoms with van der Waals surface area (Å²) in [7, 11) is 0. The summed E-state index contributed by atoms with van der Waals surface area (Å²) in [5.74, 6) is 0.116. The predicted octanol–water partition coefficient (Wildman–Crippen LogP) is 3.51.